The smallest absolute Gasteiger partial charge is 0.349 e. The van der Waals surface area contributed by atoms with Crippen LogP contribution in [0.5, 0.6) is 0 Å². The summed E-state index contributed by atoms with van der Waals surface area (Å²) in [5.41, 5.74) is 1.27. The average Bonchev–Trinajstić information content (AvgIpc) is 2.87. The standard InChI is InChI=1S/C17H25NO3S/c1-10(2)9-18-16(19)12(4)21-17(20)15-8-13-7-11(3)5-6-14(13)22-15/h8,10-12H,5-7,9H2,1-4H3,(H,18,19)/t11-,12-/m0/s1. The summed E-state index contributed by atoms with van der Waals surface area (Å²) in [6.45, 7) is 8.48. The van der Waals surface area contributed by atoms with E-state index in [1.54, 1.807) is 6.92 Å². The monoisotopic (exact) mass is 323 g/mol. The number of hydrogen-bond donors (Lipinski definition) is 1. The van der Waals surface area contributed by atoms with Gasteiger partial charge in [0.2, 0.25) is 0 Å². The molecule has 0 fully saturated rings. The van der Waals surface area contributed by atoms with E-state index in [4.69, 9.17) is 4.74 Å². The highest BCUT2D eigenvalue weighted by Gasteiger charge is 2.24. The summed E-state index contributed by atoms with van der Waals surface area (Å²) in [5, 5.41) is 2.78. The van der Waals surface area contributed by atoms with Crippen molar-refractivity contribution in [2.75, 3.05) is 6.54 Å². The summed E-state index contributed by atoms with van der Waals surface area (Å²) in [6.07, 6.45) is 2.49. The fourth-order valence-electron chi connectivity index (χ4n) is 2.53. The number of hydrogen-bond acceptors (Lipinski definition) is 4. The molecule has 0 spiro atoms. The highest BCUT2D eigenvalue weighted by molar-refractivity contribution is 7.14. The molecule has 0 bridgehead atoms. The van der Waals surface area contributed by atoms with E-state index in [1.165, 1.54) is 28.2 Å². The number of carbonyl (C=O) groups excluding carboxylic acids is 2. The number of ether oxygens (including phenoxy) is 1. The summed E-state index contributed by atoms with van der Waals surface area (Å²) in [6, 6.07) is 1.94. The van der Waals surface area contributed by atoms with E-state index >= 15 is 0 Å². The lowest BCUT2D eigenvalue weighted by atomic mass is 9.90. The Labute approximate surface area is 136 Å². The minimum Gasteiger partial charge on any atom is -0.448 e. The maximum atomic E-state index is 12.2. The molecule has 0 aromatic carbocycles. The van der Waals surface area contributed by atoms with Crippen molar-refractivity contribution in [2.24, 2.45) is 11.8 Å². The van der Waals surface area contributed by atoms with Gasteiger partial charge in [-0.1, -0.05) is 20.8 Å². The number of thiophene rings is 1. The highest BCUT2D eigenvalue weighted by atomic mass is 32.1. The van der Waals surface area contributed by atoms with E-state index < -0.39 is 6.10 Å². The van der Waals surface area contributed by atoms with Crippen LogP contribution in [0.4, 0.5) is 0 Å². The van der Waals surface area contributed by atoms with Crippen molar-refractivity contribution in [1.82, 2.24) is 5.32 Å². The summed E-state index contributed by atoms with van der Waals surface area (Å²) in [5.74, 6) is 0.417. The maximum absolute atomic E-state index is 12.2. The van der Waals surface area contributed by atoms with E-state index in [0.717, 1.165) is 12.8 Å². The van der Waals surface area contributed by atoms with Gasteiger partial charge >= 0.3 is 5.97 Å². The van der Waals surface area contributed by atoms with Crippen LogP contribution in [0.25, 0.3) is 0 Å². The van der Waals surface area contributed by atoms with Gasteiger partial charge in [0, 0.05) is 11.4 Å². The minimum absolute atomic E-state index is 0.239. The second-order valence-corrected chi connectivity index (χ2v) is 7.73. The van der Waals surface area contributed by atoms with Gasteiger partial charge in [0.25, 0.3) is 5.91 Å². The first-order valence-corrected chi connectivity index (χ1v) is 8.78. The normalized spacial score (nSPS) is 18.7. The molecule has 1 N–H and O–H groups in total. The molecular formula is C17H25NO3S. The average molecular weight is 323 g/mol. The molecule has 2 atom stereocenters. The molecule has 1 aromatic heterocycles. The van der Waals surface area contributed by atoms with Gasteiger partial charge in [0.05, 0.1) is 0 Å². The van der Waals surface area contributed by atoms with E-state index in [0.29, 0.717) is 23.3 Å². The Hall–Kier alpha value is -1.36. The lowest BCUT2D eigenvalue weighted by Gasteiger charge is -2.16. The Morgan fingerprint density at radius 1 is 1.41 bits per heavy atom. The van der Waals surface area contributed by atoms with E-state index in [2.05, 4.69) is 12.2 Å². The Morgan fingerprint density at radius 2 is 2.14 bits per heavy atom. The Balaban J connectivity index is 1.93. The Morgan fingerprint density at radius 3 is 2.82 bits per heavy atom. The molecule has 1 aliphatic carbocycles. The fourth-order valence-corrected chi connectivity index (χ4v) is 3.62. The zero-order valence-corrected chi connectivity index (χ0v) is 14.6. The first kappa shape index (κ1) is 17.0. The van der Waals surface area contributed by atoms with Gasteiger partial charge in [-0.25, -0.2) is 4.79 Å². The molecule has 122 valence electrons. The van der Waals surface area contributed by atoms with Crippen molar-refractivity contribution in [2.45, 2.75) is 53.1 Å². The molecule has 0 aliphatic heterocycles. The quantitative estimate of drug-likeness (QED) is 0.847. The van der Waals surface area contributed by atoms with Crippen LogP contribution < -0.4 is 5.32 Å². The molecule has 22 heavy (non-hydrogen) atoms. The SMILES string of the molecule is CC(C)CNC(=O)[C@H](C)OC(=O)c1cc2c(s1)CC[C@H](C)C2. The van der Waals surface area contributed by atoms with Crippen LogP contribution in [0.2, 0.25) is 0 Å². The Bertz CT molecular complexity index is 550. The number of fused-ring (bicyclic) bond motifs is 1. The molecule has 0 unspecified atom stereocenters. The number of esters is 1. The van der Waals surface area contributed by atoms with Gasteiger partial charge < -0.3 is 10.1 Å². The summed E-state index contributed by atoms with van der Waals surface area (Å²) < 4.78 is 5.29. The van der Waals surface area contributed by atoms with Crippen molar-refractivity contribution < 1.29 is 14.3 Å². The largest absolute Gasteiger partial charge is 0.448 e. The molecule has 1 amide bonds. The molecule has 0 saturated heterocycles. The van der Waals surface area contributed by atoms with Crippen molar-refractivity contribution >= 4 is 23.2 Å². The van der Waals surface area contributed by atoms with Crippen molar-refractivity contribution in [3.8, 4) is 0 Å². The molecule has 0 radical (unpaired) electrons. The van der Waals surface area contributed by atoms with Gasteiger partial charge in [-0.2, -0.15) is 0 Å². The lowest BCUT2D eigenvalue weighted by Crippen LogP contribution is -2.37. The van der Waals surface area contributed by atoms with Crippen LogP contribution in [0.15, 0.2) is 6.07 Å². The molecular weight excluding hydrogens is 298 g/mol. The molecule has 0 saturated carbocycles. The van der Waals surface area contributed by atoms with Gasteiger partial charge in [-0.3, -0.25) is 4.79 Å². The summed E-state index contributed by atoms with van der Waals surface area (Å²) in [4.78, 5) is 26.0. The van der Waals surface area contributed by atoms with Gasteiger partial charge in [-0.05, 0) is 49.7 Å². The number of carbonyl (C=O) groups is 2. The zero-order chi connectivity index (χ0) is 16.3. The van der Waals surface area contributed by atoms with E-state index in [1.807, 2.05) is 19.9 Å². The van der Waals surface area contributed by atoms with Crippen LogP contribution in [0.3, 0.4) is 0 Å². The minimum atomic E-state index is -0.760. The van der Waals surface area contributed by atoms with Gasteiger partial charge in [-0.15, -0.1) is 11.3 Å². The number of rotatable bonds is 5. The zero-order valence-electron chi connectivity index (χ0n) is 13.8. The number of nitrogens with one attached hydrogen (secondary N) is 1. The second-order valence-electron chi connectivity index (χ2n) is 6.59. The first-order valence-electron chi connectivity index (χ1n) is 7.97. The molecule has 1 aromatic rings. The van der Waals surface area contributed by atoms with E-state index in [-0.39, 0.29) is 11.9 Å². The maximum Gasteiger partial charge on any atom is 0.349 e. The second kappa shape index (κ2) is 7.27. The van der Waals surface area contributed by atoms with Crippen LogP contribution >= 0.6 is 11.3 Å². The summed E-state index contributed by atoms with van der Waals surface area (Å²) in [7, 11) is 0. The molecule has 2 rings (SSSR count). The topological polar surface area (TPSA) is 55.4 Å². The van der Waals surface area contributed by atoms with Gasteiger partial charge in [0.1, 0.15) is 4.88 Å². The van der Waals surface area contributed by atoms with Crippen LogP contribution in [-0.2, 0) is 22.4 Å². The predicted molar refractivity (Wildman–Crippen MR) is 88.2 cm³/mol. The third kappa shape index (κ3) is 4.32. The fraction of sp³-hybridized carbons (Fsp3) is 0.647. The van der Waals surface area contributed by atoms with Gasteiger partial charge in [0.15, 0.2) is 6.10 Å². The Kier molecular flexibility index (Phi) is 5.62. The number of aryl methyl sites for hydroxylation is 1. The van der Waals surface area contributed by atoms with Crippen molar-refractivity contribution in [3.63, 3.8) is 0 Å². The van der Waals surface area contributed by atoms with Crippen LogP contribution in [0.1, 0.15) is 54.2 Å². The number of amides is 1. The third-order valence-electron chi connectivity index (χ3n) is 3.87. The van der Waals surface area contributed by atoms with Crippen LogP contribution in [0, 0.1) is 11.8 Å². The van der Waals surface area contributed by atoms with E-state index in [9.17, 15) is 9.59 Å². The highest BCUT2D eigenvalue weighted by Crippen LogP contribution is 2.32. The molecule has 4 nitrogen and oxygen atoms in total. The molecule has 1 aliphatic rings. The first-order chi connectivity index (χ1) is 10.4. The third-order valence-corrected chi connectivity index (χ3v) is 5.09. The lowest BCUT2D eigenvalue weighted by molar-refractivity contribution is -0.129. The molecule has 5 heteroatoms. The summed E-state index contributed by atoms with van der Waals surface area (Å²) >= 11 is 1.51. The van der Waals surface area contributed by atoms with Crippen molar-refractivity contribution in [1.29, 1.82) is 0 Å². The van der Waals surface area contributed by atoms with Crippen molar-refractivity contribution in [3.05, 3.63) is 21.4 Å². The van der Waals surface area contributed by atoms with Crippen LogP contribution in [-0.4, -0.2) is 24.5 Å². The molecule has 1 heterocycles. The predicted octanol–water partition coefficient (Wildman–Crippen LogP) is 3.19.